The SMILES string of the molecule is COC(=O)C1=CC(c2cccnc2)=CC1. The number of pyridine rings is 1. The van der Waals surface area contributed by atoms with Gasteiger partial charge in [-0.05, 0) is 29.7 Å². The number of ether oxygens (including phenoxy) is 1. The van der Waals surface area contributed by atoms with Crippen molar-refractivity contribution in [3.63, 3.8) is 0 Å². The van der Waals surface area contributed by atoms with Crippen molar-refractivity contribution in [1.82, 2.24) is 4.98 Å². The van der Waals surface area contributed by atoms with Crippen LogP contribution in [-0.4, -0.2) is 18.1 Å². The van der Waals surface area contributed by atoms with E-state index < -0.39 is 0 Å². The van der Waals surface area contributed by atoms with Gasteiger partial charge in [-0.3, -0.25) is 4.98 Å². The Morgan fingerprint density at radius 3 is 3.07 bits per heavy atom. The van der Waals surface area contributed by atoms with Crippen molar-refractivity contribution in [1.29, 1.82) is 0 Å². The zero-order chi connectivity index (χ0) is 10.7. The molecular formula is C12H11NO2. The molecule has 0 aliphatic heterocycles. The minimum Gasteiger partial charge on any atom is -0.466 e. The first-order valence-corrected chi connectivity index (χ1v) is 4.70. The lowest BCUT2D eigenvalue weighted by molar-refractivity contribution is -0.136. The van der Waals surface area contributed by atoms with E-state index in [4.69, 9.17) is 0 Å². The number of hydrogen-bond donors (Lipinski definition) is 0. The van der Waals surface area contributed by atoms with E-state index in [9.17, 15) is 4.79 Å². The van der Waals surface area contributed by atoms with Crippen molar-refractivity contribution < 1.29 is 9.53 Å². The number of esters is 1. The lowest BCUT2D eigenvalue weighted by Crippen LogP contribution is -2.01. The van der Waals surface area contributed by atoms with Gasteiger partial charge in [0, 0.05) is 18.0 Å². The molecule has 0 saturated heterocycles. The van der Waals surface area contributed by atoms with Gasteiger partial charge in [0.25, 0.3) is 0 Å². The Kier molecular flexibility index (Phi) is 2.63. The smallest absolute Gasteiger partial charge is 0.334 e. The number of hydrogen-bond acceptors (Lipinski definition) is 3. The summed E-state index contributed by atoms with van der Waals surface area (Å²) >= 11 is 0. The minimum atomic E-state index is -0.259. The normalized spacial score (nSPS) is 14.5. The number of methoxy groups -OCH3 is 1. The van der Waals surface area contributed by atoms with Crippen molar-refractivity contribution in [2.45, 2.75) is 6.42 Å². The minimum absolute atomic E-state index is 0.259. The molecule has 0 bridgehead atoms. The van der Waals surface area contributed by atoms with Crippen LogP contribution >= 0.6 is 0 Å². The molecule has 3 nitrogen and oxygen atoms in total. The Labute approximate surface area is 88.1 Å². The van der Waals surface area contributed by atoms with Crippen molar-refractivity contribution in [2.75, 3.05) is 7.11 Å². The van der Waals surface area contributed by atoms with E-state index in [1.165, 1.54) is 7.11 Å². The molecule has 15 heavy (non-hydrogen) atoms. The van der Waals surface area contributed by atoms with Crippen LogP contribution < -0.4 is 0 Å². The quantitative estimate of drug-likeness (QED) is 0.687. The highest BCUT2D eigenvalue weighted by Gasteiger charge is 2.15. The van der Waals surface area contributed by atoms with Gasteiger partial charge in [-0.25, -0.2) is 4.79 Å². The number of allylic oxidation sites excluding steroid dienone is 3. The molecule has 2 rings (SSSR count). The van der Waals surface area contributed by atoms with Crippen LogP contribution in [0.25, 0.3) is 5.57 Å². The first-order chi connectivity index (χ1) is 7.31. The fraction of sp³-hybridized carbons (Fsp3) is 0.167. The maximum Gasteiger partial charge on any atom is 0.334 e. The average Bonchev–Trinajstić information content (AvgIpc) is 2.78. The molecule has 1 aromatic rings. The van der Waals surface area contributed by atoms with Crippen LogP contribution in [0, 0.1) is 0 Å². The average molecular weight is 201 g/mol. The Morgan fingerprint density at radius 2 is 2.40 bits per heavy atom. The number of aromatic nitrogens is 1. The van der Waals surface area contributed by atoms with Gasteiger partial charge >= 0.3 is 5.97 Å². The standard InChI is InChI=1S/C12H11NO2/c1-15-12(14)10-5-4-9(7-10)11-3-2-6-13-8-11/h2-4,6-8H,5H2,1H3. The van der Waals surface area contributed by atoms with Crippen LogP contribution in [0.4, 0.5) is 0 Å². The van der Waals surface area contributed by atoms with Gasteiger partial charge in [-0.2, -0.15) is 0 Å². The first kappa shape index (κ1) is 9.65. The fourth-order valence-electron chi connectivity index (χ4n) is 1.53. The largest absolute Gasteiger partial charge is 0.466 e. The van der Waals surface area contributed by atoms with Crippen molar-refractivity contribution in [3.05, 3.63) is 47.8 Å². The van der Waals surface area contributed by atoms with E-state index in [1.807, 2.05) is 24.3 Å². The van der Waals surface area contributed by atoms with Gasteiger partial charge in [0.1, 0.15) is 0 Å². The molecule has 3 heteroatoms. The van der Waals surface area contributed by atoms with Crippen molar-refractivity contribution in [2.24, 2.45) is 0 Å². The highest BCUT2D eigenvalue weighted by molar-refractivity contribution is 5.95. The lowest BCUT2D eigenvalue weighted by atomic mass is 10.1. The van der Waals surface area contributed by atoms with Gasteiger partial charge in [-0.15, -0.1) is 0 Å². The third-order valence-corrected chi connectivity index (χ3v) is 2.31. The summed E-state index contributed by atoms with van der Waals surface area (Å²) in [6.45, 7) is 0. The molecule has 1 aromatic heterocycles. The summed E-state index contributed by atoms with van der Waals surface area (Å²) in [6, 6.07) is 3.84. The summed E-state index contributed by atoms with van der Waals surface area (Å²) in [4.78, 5) is 15.3. The predicted octanol–water partition coefficient (Wildman–Crippen LogP) is 1.97. The van der Waals surface area contributed by atoms with Crippen LogP contribution in [0.1, 0.15) is 12.0 Å². The summed E-state index contributed by atoms with van der Waals surface area (Å²) in [6.07, 6.45) is 8.00. The van der Waals surface area contributed by atoms with Crippen LogP contribution in [-0.2, 0) is 9.53 Å². The molecule has 76 valence electrons. The van der Waals surface area contributed by atoms with Crippen LogP contribution in [0.5, 0.6) is 0 Å². The Bertz CT molecular complexity index is 432. The zero-order valence-corrected chi connectivity index (χ0v) is 8.43. The number of carbonyl (C=O) groups is 1. The fourth-order valence-corrected chi connectivity index (χ4v) is 1.53. The van der Waals surface area contributed by atoms with Gasteiger partial charge in [0.15, 0.2) is 0 Å². The monoisotopic (exact) mass is 201 g/mol. The van der Waals surface area contributed by atoms with Crippen molar-refractivity contribution >= 4 is 11.5 Å². The number of nitrogens with zero attached hydrogens (tertiary/aromatic N) is 1. The van der Waals surface area contributed by atoms with Crippen LogP contribution in [0.15, 0.2) is 42.3 Å². The zero-order valence-electron chi connectivity index (χ0n) is 8.43. The molecule has 0 atom stereocenters. The van der Waals surface area contributed by atoms with E-state index >= 15 is 0 Å². The third kappa shape index (κ3) is 1.96. The summed E-state index contributed by atoms with van der Waals surface area (Å²) < 4.78 is 4.66. The summed E-state index contributed by atoms with van der Waals surface area (Å²) in [5.41, 5.74) is 2.75. The summed E-state index contributed by atoms with van der Waals surface area (Å²) in [5.74, 6) is -0.259. The Morgan fingerprint density at radius 1 is 1.53 bits per heavy atom. The first-order valence-electron chi connectivity index (χ1n) is 4.70. The molecule has 0 spiro atoms. The molecule has 0 N–H and O–H groups in total. The number of carbonyl (C=O) groups excluding carboxylic acids is 1. The molecule has 0 saturated carbocycles. The molecule has 0 unspecified atom stereocenters. The van der Waals surface area contributed by atoms with Gasteiger partial charge in [-0.1, -0.05) is 12.1 Å². The van der Waals surface area contributed by atoms with E-state index in [0.29, 0.717) is 12.0 Å². The van der Waals surface area contributed by atoms with Crippen molar-refractivity contribution in [3.8, 4) is 0 Å². The maximum atomic E-state index is 11.3. The predicted molar refractivity (Wildman–Crippen MR) is 56.9 cm³/mol. The molecule has 1 aliphatic carbocycles. The second-order valence-corrected chi connectivity index (χ2v) is 3.27. The molecule has 0 fully saturated rings. The highest BCUT2D eigenvalue weighted by atomic mass is 16.5. The van der Waals surface area contributed by atoms with Crippen LogP contribution in [0.3, 0.4) is 0 Å². The second-order valence-electron chi connectivity index (χ2n) is 3.27. The van der Waals surface area contributed by atoms with E-state index in [0.717, 1.165) is 11.1 Å². The topological polar surface area (TPSA) is 39.2 Å². The molecular weight excluding hydrogens is 190 g/mol. The Hall–Kier alpha value is -1.90. The highest BCUT2D eigenvalue weighted by Crippen LogP contribution is 2.25. The molecule has 0 radical (unpaired) electrons. The second kappa shape index (κ2) is 4.09. The lowest BCUT2D eigenvalue weighted by Gasteiger charge is -1.98. The maximum absolute atomic E-state index is 11.3. The van der Waals surface area contributed by atoms with Crippen LogP contribution in [0.2, 0.25) is 0 Å². The molecule has 1 aliphatic rings. The van der Waals surface area contributed by atoms with Gasteiger partial charge in [0.05, 0.1) is 7.11 Å². The molecule has 1 heterocycles. The van der Waals surface area contributed by atoms with Gasteiger partial charge in [0.2, 0.25) is 0 Å². The van der Waals surface area contributed by atoms with E-state index in [2.05, 4.69) is 9.72 Å². The summed E-state index contributed by atoms with van der Waals surface area (Å²) in [7, 11) is 1.39. The third-order valence-electron chi connectivity index (χ3n) is 2.31. The molecule has 0 aromatic carbocycles. The molecule has 0 amide bonds. The summed E-state index contributed by atoms with van der Waals surface area (Å²) in [5, 5.41) is 0. The van der Waals surface area contributed by atoms with E-state index in [-0.39, 0.29) is 5.97 Å². The Balaban J connectivity index is 2.22. The van der Waals surface area contributed by atoms with Gasteiger partial charge < -0.3 is 4.74 Å². The number of rotatable bonds is 2. The van der Waals surface area contributed by atoms with E-state index in [1.54, 1.807) is 12.4 Å².